The summed E-state index contributed by atoms with van der Waals surface area (Å²) < 4.78 is 4.62. The molecule has 0 spiro atoms. The van der Waals surface area contributed by atoms with E-state index >= 15 is 0 Å². The summed E-state index contributed by atoms with van der Waals surface area (Å²) in [5, 5.41) is 26.5. The molecule has 10 aromatic carbocycles. The fourth-order valence-corrected chi connectivity index (χ4v) is 10.3. The minimum atomic E-state index is 0.528. The second kappa shape index (κ2) is 16.8. The van der Waals surface area contributed by atoms with E-state index in [9.17, 15) is 10.5 Å². The molecule has 12 rings (SSSR count). The van der Waals surface area contributed by atoms with Crippen LogP contribution in [0.25, 0.3) is 111 Å². The van der Waals surface area contributed by atoms with Crippen molar-refractivity contribution in [3.05, 3.63) is 240 Å². The van der Waals surface area contributed by atoms with Crippen molar-refractivity contribution in [3.8, 4) is 79.1 Å². The van der Waals surface area contributed by atoms with Crippen molar-refractivity contribution in [1.82, 2.24) is 9.13 Å². The van der Waals surface area contributed by atoms with E-state index in [2.05, 4.69) is 237 Å². The van der Waals surface area contributed by atoms with E-state index in [0.29, 0.717) is 11.1 Å². The largest absolute Gasteiger partial charge is 0.308 e. The lowest BCUT2D eigenvalue weighted by Gasteiger charge is -2.19. The SMILES string of the molecule is Cc1ccc(-c2ccc3c4ccc(-c5ccc(C)cc5)cc4n(-c4cc(-c5cccc(C#N)c5)cc(-n5c6cc(-c7ccc(C)cc7)ccc6c6ccc(-c7ccc(C)cc7)cc65)c4C#N)c3c2)cc1. The van der Waals surface area contributed by atoms with Crippen molar-refractivity contribution in [2.24, 2.45) is 0 Å². The molecule has 2 heterocycles. The monoisotopic (exact) mass is 894 g/mol. The Labute approximate surface area is 407 Å². The Morgan fingerprint density at radius 1 is 0.286 bits per heavy atom. The molecule has 0 amide bonds. The van der Waals surface area contributed by atoms with Crippen LogP contribution in [0.3, 0.4) is 0 Å². The maximum Gasteiger partial charge on any atom is 0.104 e. The van der Waals surface area contributed by atoms with Crippen molar-refractivity contribution in [2.75, 3.05) is 0 Å². The van der Waals surface area contributed by atoms with Crippen LogP contribution in [0.4, 0.5) is 0 Å². The van der Waals surface area contributed by atoms with Crippen LogP contribution in [0.5, 0.6) is 0 Å². The fraction of sp³-hybridized carbons (Fsp3) is 0.0606. The van der Waals surface area contributed by atoms with Crippen LogP contribution in [0, 0.1) is 50.4 Å². The number of nitrogens with zero attached hydrogens (tertiary/aromatic N) is 4. The van der Waals surface area contributed by atoms with Crippen molar-refractivity contribution < 1.29 is 0 Å². The third-order valence-corrected chi connectivity index (χ3v) is 14.1. The second-order valence-corrected chi connectivity index (χ2v) is 18.8. The average molecular weight is 895 g/mol. The van der Waals surface area contributed by atoms with E-state index in [1.165, 1.54) is 22.3 Å². The first kappa shape index (κ1) is 42.2. The molecule has 4 heteroatoms. The molecule has 0 fully saturated rings. The summed E-state index contributed by atoms with van der Waals surface area (Å²) in [6.45, 7) is 8.45. The molecule has 12 aromatic rings. The smallest absolute Gasteiger partial charge is 0.104 e. The first-order valence-electron chi connectivity index (χ1n) is 23.8. The van der Waals surface area contributed by atoms with Gasteiger partial charge in [-0.25, -0.2) is 0 Å². The van der Waals surface area contributed by atoms with E-state index in [1.807, 2.05) is 18.2 Å². The fourth-order valence-electron chi connectivity index (χ4n) is 10.3. The van der Waals surface area contributed by atoms with Gasteiger partial charge in [-0.1, -0.05) is 180 Å². The zero-order valence-electron chi connectivity index (χ0n) is 39.4. The number of benzene rings is 10. The summed E-state index contributed by atoms with van der Waals surface area (Å²) in [5.74, 6) is 0. The predicted molar refractivity (Wildman–Crippen MR) is 291 cm³/mol. The van der Waals surface area contributed by atoms with Crippen LogP contribution in [0.15, 0.2) is 206 Å². The quantitative estimate of drug-likeness (QED) is 0.160. The molecule has 0 saturated heterocycles. The van der Waals surface area contributed by atoms with Crippen LogP contribution >= 0.6 is 0 Å². The standard InChI is InChI=1S/C66H46N4/c1-41-8-16-46(17-9-41)51-24-28-56-57-29-25-52(47-18-10-42(2)11-19-47)34-62(57)69(61(56)33-51)65-37-55(50-7-5-6-45(32-50)39-67)38-66(60(65)40-68)70-63-35-53(48-20-12-43(3)13-21-48)26-30-58(63)59-31-27-54(36-64(59)70)49-22-14-44(4)15-23-49/h5-38H,1-4H3. The van der Waals surface area contributed by atoms with E-state index in [4.69, 9.17) is 0 Å². The van der Waals surface area contributed by atoms with Gasteiger partial charge in [0.1, 0.15) is 11.6 Å². The molecule has 0 unspecified atom stereocenters. The maximum atomic E-state index is 11.9. The van der Waals surface area contributed by atoms with E-state index in [-0.39, 0.29) is 0 Å². The number of nitriles is 2. The van der Waals surface area contributed by atoms with Crippen molar-refractivity contribution >= 4 is 43.6 Å². The summed E-state index contributed by atoms with van der Waals surface area (Å²) >= 11 is 0. The molecule has 330 valence electrons. The van der Waals surface area contributed by atoms with Crippen molar-refractivity contribution in [3.63, 3.8) is 0 Å². The molecular formula is C66H46N4. The van der Waals surface area contributed by atoms with Gasteiger partial charge in [-0.2, -0.15) is 10.5 Å². The van der Waals surface area contributed by atoms with Crippen LogP contribution in [-0.4, -0.2) is 9.13 Å². The van der Waals surface area contributed by atoms with E-state index in [1.54, 1.807) is 0 Å². The Bertz CT molecular complexity index is 3690. The first-order valence-corrected chi connectivity index (χ1v) is 23.8. The Morgan fingerprint density at radius 2 is 0.586 bits per heavy atom. The van der Waals surface area contributed by atoms with Gasteiger partial charge in [0.2, 0.25) is 0 Å². The zero-order valence-corrected chi connectivity index (χ0v) is 39.4. The lowest BCUT2D eigenvalue weighted by Crippen LogP contribution is -2.05. The van der Waals surface area contributed by atoms with Gasteiger partial charge in [0.05, 0.1) is 45.1 Å². The summed E-state index contributed by atoms with van der Waals surface area (Å²) in [6, 6.07) is 78.8. The zero-order chi connectivity index (χ0) is 47.6. The number of rotatable bonds is 7. The van der Waals surface area contributed by atoms with Gasteiger partial charge in [-0.3, -0.25) is 0 Å². The van der Waals surface area contributed by atoms with Gasteiger partial charge in [0.15, 0.2) is 0 Å². The van der Waals surface area contributed by atoms with Crippen molar-refractivity contribution in [2.45, 2.75) is 27.7 Å². The topological polar surface area (TPSA) is 57.4 Å². The van der Waals surface area contributed by atoms with Crippen LogP contribution in [-0.2, 0) is 0 Å². The number of aromatic nitrogens is 2. The van der Waals surface area contributed by atoms with E-state index in [0.717, 1.165) is 111 Å². The highest BCUT2D eigenvalue weighted by atomic mass is 15.0. The highest BCUT2D eigenvalue weighted by Crippen LogP contribution is 2.43. The molecule has 0 bridgehead atoms. The molecular weight excluding hydrogens is 849 g/mol. The number of aryl methyl sites for hydroxylation is 4. The van der Waals surface area contributed by atoms with Gasteiger partial charge in [-0.05, 0) is 132 Å². The minimum Gasteiger partial charge on any atom is -0.308 e. The molecule has 0 aliphatic heterocycles. The Balaban J connectivity index is 1.23. The summed E-state index contributed by atoms with van der Waals surface area (Å²) in [5.41, 5.74) is 21.9. The normalized spacial score (nSPS) is 11.4. The molecule has 70 heavy (non-hydrogen) atoms. The van der Waals surface area contributed by atoms with E-state index < -0.39 is 0 Å². The van der Waals surface area contributed by atoms with Gasteiger partial charge in [0, 0.05) is 21.5 Å². The summed E-state index contributed by atoms with van der Waals surface area (Å²) in [4.78, 5) is 0. The van der Waals surface area contributed by atoms with Crippen LogP contribution in [0.1, 0.15) is 33.4 Å². The predicted octanol–water partition coefficient (Wildman–Crippen LogP) is 17.2. The number of hydrogen-bond acceptors (Lipinski definition) is 2. The first-order chi connectivity index (χ1) is 34.2. The summed E-state index contributed by atoms with van der Waals surface area (Å²) in [7, 11) is 0. The number of fused-ring (bicyclic) bond motifs is 6. The molecule has 0 radical (unpaired) electrons. The Morgan fingerprint density at radius 3 is 0.886 bits per heavy atom. The van der Waals surface area contributed by atoms with Gasteiger partial charge >= 0.3 is 0 Å². The molecule has 2 aromatic heterocycles. The highest BCUT2D eigenvalue weighted by molar-refractivity contribution is 6.13. The maximum absolute atomic E-state index is 11.9. The third kappa shape index (κ3) is 7.23. The Kier molecular flexibility index (Phi) is 10.1. The van der Waals surface area contributed by atoms with Gasteiger partial charge in [-0.15, -0.1) is 0 Å². The molecule has 0 aliphatic carbocycles. The molecule has 0 aliphatic rings. The average Bonchev–Trinajstić information content (AvgIpc) is 3.90. The van der Waals surface area contributed by atoms with Gasteiger partial charge in [0.25, 0.3) is 0 Å². The number of hydrogen-bond donors (Lipinski definition) is 0. The molecule has 0 saturated carbocycles. The third-order valence-electron chi connectivity index (χ3n) is 14.1. The summed E-state index contributed by atoms with van der Waals surface area (Å²) in [6.07, 6.45) is 0. The van der Waals surface area contributed by atoms with Crippen LogP contribution < -0.4 is 0 Å². The van der Waals surface area contributed by atoms with Crippen molar-refractivity contribution in [1.29, 1.82) is 10.5 Å². The minimum absolute atomic E-state index is 0.528. The highest BCUT2D eigenvalue weighted by Gasteiger charge is 2.24. The molecule has 0 N–H and O–H groups in total. The molecule has 4 nitrogen and oxygen atoms in total. The molecule has 0 atom stereocenters. The second-order valence-electron chi connectivity index (χ2n) is 18.8. The lowest BCUT2D eigenvalue weighted by molar-refractivity contribution is 1.12. The van der Waals surface area contributed by atoms with Crippen LogP contribution in [0.2, 0.25) is 0 Å². The lowest BCUT2D eigenvalue weighted by atomic mass is 9.98. The van der Waals surface area contributed by atoms with Gasteiger partial charge < -0.3 is 9.13 Å². The Hall–Kier alpha value is -9.22.